The van der Waals surface area contributed by atoms with Gasteiger partial charge in [0.25, 0.3) is 0 Å². The Kier molecular flexibility index (Phi) is 3.86. The Hall–Kier alpha value is -1.27. The quantitative estimate of drug-likeness (QED) is 0.716. The summed E-state index contributed by atoms with van der Waals surface area (Å²) in [5, 5.41) is 7.85. The molecule has 94 valence electrons. The first-order valence-electron chi connectivity index (χ1n) is 5.79. The maximum atomic E-state index is 10.9. The Morgan fingerprint density at radius 2 is 2.53 bits per heavy atom. The second-order valence-corrected chi connectivity index (χ2v) is 4.17. The molecular weight excluding hydrogens is 222 g/mol. The van der Waals surface area contributed by atoms with Gasteiger partial charge in [-0.25, -0.2) is 4.68 Å². The van der Waals surface area contributed by atoms with E-state index in [2.05, 4.69) is 10.3 Å². The van der Waals surface area contributed by atoms with E-state index >= 15 is 0 Å². The summed E-state index contributed by atoms with van der Waals surface area (Å²) in [7, 11) is 1.60. The van der Waals surface area contributed by atoms with Crippen molar-refractivity contribution in [2.24, 2.45) is 0 Å². The largest absolute Gasteiger partial charge is 0.376 e. The molecule has 1 aromatic rings. The number of carbonyl (C=O) groups excluding carboxylic acids is 1. The van der Waals surface area contributed by atoms with Gasteiger partial charge in [0, 0.05) is 13.7 Å². The van der Waals surface area contributed by atoms with Crippen LogP contribution in [0.15, 0.2) is 0 Å². The molecule has 1 aliphatic rings. The standard InChI is InChI=1S/C11H17N3O3/c1-8(16-2)11-10(7-15)12-13-14(11)6-9-4-3-5-17-9/h7-9H,3-6H2,1-2H3. The molecule has 1 fully saturated rings. The second kappa shape index (κ2) is 5.37. The van der Waals surface area contributed by atoms with Gasteiger partial charge in [0.15, 0.2) is 12.0 Å². The van der Waals surface area contributed by atoms with Crippen molar-refractivity contribution in [2.45, 2.75) is 38.5 Å². The minimum absolute atomic E-state index is 0.166. The fraction of sp³-hybridized carbons (Fsp3) is 0.727. The summed E-state index contributed by atoms with van der Waals surface area (Å²) in [5.74, 6) is 0. The smallest absolute Gasteiger partial charge is 0.172 e. The molecule has 0 aromatic carbocycles. The van der Waals surface area contributed by atoms with E-state index < -0.39 is 0 Å². The Morgan fingerprint density at radius 1 is 1.71 bits per heavy atom. The lowest BCUT2D eigenvalue weighted by Crippen LogP contribution is -2.19. The highest BCUT2D eigenvalue weighted by molar-refractivity contribution is 5.73. The molecule has 6 heteroatoms. The Labute approximate surface area is 99.9 Å². The van der Waals surface area contributed by atoms with Crippen LogP contribution in [0.1, 0.15) is 42.1 Å². The third-order valence-corrected chi connectivity index (χ3v) is 3.05. The van der Waals surface area contributed by atoms with Crippen molar-refractivity contribution in [2.75, 3.05) is 13.7 Å². The first kappa shape index (κ1) is 12.2. The van der Waals surface area contributed by atoms with E-state index in [9.17, 15) is 4.79 Å². The van der Waals surface area contributed by atoms with Crippen molar-refractivity contribution in [1.29, 1.82) is 0 Å². The molecule has 2 rings (SSSR count). The molecule has 0 amide bonds. The molecule has 0 spiro atoms. The minimum atomic E-state index is -0.202. The molecule has 1 aromatic heterocycles. The number of methoxy groups -OCH3 is 1. The number of nitrogens with zero attached hydrogens (tertiary/aromatic N) is 3. The van der Waals surface area contributed by atoms with Gasteiger partial charge in [0.1, 0.15) is 0 Å². The highest BCUT2D eigenvalue weighted by Gasteiger charge is 2.23. The highest BCUT2D eigenvalue weighted by Crippen LogP contribution is 2.20. The summed E-state index contributed by atoms with van der Waals surface area (Å²) >= 11 is 0. The molecule has 0 N–H and O–H groups in total. The van der Waals surface area contributed by atoms with Crippen LogP contribution in [-0.2, 0) is 16.0 Å². The molecule has 1 saturated heterocycles. The minimum Gasteiger partial charge on any atom is -0.376 e. The molecular formula is C11H17N3O3. The summed E-state index contributed by atoms with van der Waals surface area (Å²) in [6.45, 7) is 3.30. The van der Waals surface area contributed by atoms with Gasteiger partial charge in [-0.05, 0) is 19.8 Å². The molecule has 6 nitrogen and oxygen atoms in total. The lowest BCUT2D eigenvalue weighted by Gasteiger charge is -2.15. The maximum Gasteiger partial charge on any atom is 0.172 e. The average Bonchev–Trinajstić information content (AvgIpc) is 2.98. The molecule has 17 heavy (non-hydrogen) atoms. The van der Waals surface area contributed by atoms with E-state index in [4.69, 9.17) is 9.47 Å². The highest BCUT2D eigenvalue weighted by atomic mass is 16.5. The molecule has 0 aliphatic carbocycles. The number of rotatable bonds is 5. The van der Waals surface area contributed by atoms with Crippen LogP contribution in [-0.4, -0.2) is 41.1 Å². The topological polar surface area (TPSA) is 66.2 Å². The van der Waals surface area contributed by atoms with Gasteiger partial charge in [0.2, 0.25) is 0 Å². The SMILES string of the molecule is COC(C)c1c(C=O)nnn1CC1CCCO1. The molecule has 2 unspecified atom stereocenters. The predicted molar refractivity (Wildman–Crippen MR) is 59.8 cm³/mol. The van der Waals surface area contributed by atoms with E-state index in [1.54, 1.807) is 11.8 Å². The zero-order valence-corrected chi connectivity index (χ0v) is 10.1. The van der Waals surface area contributed by atoms with Gasteiger partial charge in [-0.3, -0.25) is 4.79 Å². The second-order valence-electron chi connectivity index (χ2n) is 4.17. The number of hydrogen-bond acceptors (Lipinski definition) is 5. The van der Waals surface area contributed by atoms with Crippen LogP contribution in [0.3, 0.4) is 0 Å². The first-order chi connectivity index (χ1) is 8.26. The van der Waals surface area contributed by atoms with E-state index in [1.165, 1.54) is 0 Å². The molecule has 0 saturated carbocycles. The van der Waals surface area contributed by atoms with E-state index in [-0.39, 0.29) is 12.2 Å². The van der Waals surface area contributed by atoms with Crippen LogP contribution in [0.2, 0.25) is 0 Å². The van der Waals surface area contributed by atoms with Crippen molar-refractivity contribution < 1.29 is 14.3 Å². The summed E-state index contributed by atoms with van der Waals surface area (Å²) in [6.07, 6.45) is 2.78. The molecule has 0 radical (unpaired) electrons. The zero-order valence-electron chi connectivity index (χ0n) is 10.1. The predicted octanol–water partition coefficient (Wildman–Crippen LogP) is 0.977. The average molecular weight is 239 g/mol. The van der Waals surface area contributed by atoms with Crippen LogP contribution >= 0.6 is 0 Å². The maximum absolute atomic E-state index is 10.9. The van der Waals surface area contributed by atoms with Crippen LogP contribution in [0.4, 0.5) is 0 Å². The van der Waals surface area contributed by atoms with Gasteiger partial charge in [-0.2, -0.15) is 0 Å². The van der Waals surface area contributed by atoms with Gasteiger partial charge < -0.3 is 9.47 Å². The number of aromatic nitrogens is 3. The number of aldehydes is 1. The summed E-state index contributed by atoms with van der Waals surface area (Å²) in [5.41, 5.74) is 1.07. The molecule has 2 heterocycles. The van der Waals surface area contributed by atoms with E-state index in [0.717, 1.165) is 25.1 Å². The number of hydrogen-bond donors (Lipinski definition) is 0. The monoisotopic (exact) mass is 239 g/mol. The summed E-state index contributed by atoms with van der Waals surface area (Å²) in [6, 6.07) is 0. The van der Waals surface area contributed by atoms with E-state index in [1.807, 2.05) is 6.92 Å². The van der Waals surface area contributed by atoms with Gasteiger partial charge in [0.05, 0.1) is 24.4 Å². The van der Waals surface area contributed by atoms with Crippen LogP contribution in [0.5, 0.6) is 0 Å². The molecule has 1 aliphatic heterocycles. The lowest BCUT2D eigenvalue weighted by atomic mass is 10.2. The molecule has 0 bridgehead atoms. The van der Waals surface area contributed by atoms with E-state index in [0.29, 0.717) is 18.5 Å². The third kappa shape index (κ3) is 2.53. The van der Waals surface area contributed by atoms with Crippen molar-refractivity contribution in [1.82, 2.24) is 15.0 Å². The Morgan fingerprint density at radius 3 is 3.12 bits per heavy atom. The van der Waals surface area contributed by atoms with Crippen molar-refractivity contribution >= 4 is 6.29 Å². The fourth-order valence-corrected chi connectivity index (χ4v) is 2.06. The van der Waals surface area contributed by atoms with Gasteiger partial charge >= 0.3 is 0 Å². The lowest BCUT2D eigenvalue weighted by molar-refractivity contribution is 0.0816. The normalized spacial score (nSPS) is 21.6. The van der Waals surface area contributed by atoms with Crippen LogP contribution in [0.25, 0.3) is 0 Å². The third-order valence-electron chi connectivity index (χ3n) is 3.05. The number of carbonyl (C=O) groups is 1. The Bertz CT molecular complexity index is 385. The van der Waals surface area contributed by atoms with Crippen molar-refractivity contribution in [3.05, 3.63) is 11.4 Å². The summed E-state index contributed by atoms with van der Waals surface area (Å²) < 4.78 is 12.5. The van der Waals surface area contributed by atoms with Gasteiger partial charge in [-0.15, -0.1) is 5.10 Å². The van der Waals surface area contributed by atoms with Crippen LogP contribution in [0, 0.1) is 0 Å². The fourth-order valence-electron chi connectivity index (χ4n) is 2.06. The number of ether oxygens (including phenoxy) is 2. The van der Waals surface area contributed by atoms with Crippen molar-refractivity contribution in [3.8, 4) is 0 Å². The van der Waals surface area contributed by atoms with Crippen molar-refractivity contribution in [3.63, 3.8) is 0 Å². The van der Waals surface area contributed by atoms with Gasteiger partial charge in [-0.1, -0.05) is 5.21 Å². The zero-order chi connectivity index (χ0) is 12.3. The molecule has 2 atom stereocenters. The van der Waals surface area contributed by atoms with Crippen LogP contribution < -0.4 is 0 Å². The summed E-state index contributed by atoms with van der Waals surface area (Å²) in [4.78, 5) is 10.9. The first-order valence-corrected chi connectivity index (χ1v) is 5.79. The Balaban J connectivity index is 2.20.